The van der Waals surface area contributed by atoms with Crippen LogP contribution in [0, 0.1) is 6.92 Å². The van der Waals surface area contributed by atoms with Gasteiger partial charge in [-0.15, -0.1) is 11.8 Å². The van der Waals surface area contributed by atoms with Gasteiger partial charge in [0.25, 0.3) is 11.8 Å². The van der Waals surface area contributed by atoms with Gasteiger partial charge in [-0.1, -0.05) is 71.7 Å². The second-order valence-corrected chi connectivity index (χ2v) is 11.3. The van der Waals surface area contributed by atoms with E-state index in [9.17, 15) is 14.4 Å². The van der Waals surface area contributed by atoms with Crippen LogP contribution in [0.25, 0.3) is 6.08 Å². The molecule has 3 N–H and O–H groups in total. The van der Waals surface area contributed by atoms with Gasteiger partial charge in [0.1, 0.15) is 5.70 Å². The maximum atomic E-state index is 13.4. The Bertz CT molecular complexity index is 1610. The van der Waals surface area contributed by atoms with Crippen LogP contribution >= 0.6 is 35.0 Å². The van der Waals surface area contributed by atoms with Crippen molar-refractivity contribution in [1.29, 1.82) is 0 Å². The first kappa shape index (κ1) is 29.9. The van der Waals surface area contributed by atoms with Crippen molar-refractivity contribution in [2.24, 2.45) is 0 Å². The number of aryl methyl sites for hydroxylation is 1. The Morgan fingerprint density at radius 2 is 1.56 bits per heavy atom. The smallest absolute Gasteiger partial charge is 0.272 e. The quantitative estimate of drug-likeness (QED) is 0.134. The van der Waals surface area contributed by atoms with Crippen LogP contribution in [0.15, 0.2) is 108 Å². The molecule has 1 atom stereocenters. The minimum absolute atomic E-state index is 0.0948. The molecule has 0 aliphatic rings. The number of carbonyl (C=O) groups is 3. The number of nitrogens with one attached hydrogen (secondary N) is 3. The summed E-state index contributed by atoms with van der Waals surface area (Å²) in [6.45, 7) is 3.70. The first-order valence-electron chi connectivity index (χ1n) is 12.7. The van der Waals surface area contributed by atoms with E-state index in [1.807, 2.05) is 43.3 Å². The predicted octanol–water partition coefficient (Wildman–Crippen LogP) is 7.83. The highest BCUT2D eigenvalue weighted by molar-refractivity contribution is 8.00. The van der Waals surface area contributed by atoms with Crippen LogP contribution in [0.2, 0.25) is 10.0 Å². The Kier molecular flexibility index (Phi) is 10.2. The van der Waals surface area contributed by atoms with Crippen molar-refractivity contribution < 1.29 is 14.4 Å². The molecule has 0 aromatic heterocycles. The van der Waals surface area contributed by atoms with Gasteiger partial charge in [0.2, 0.25) is 5.91 Å². The van der Waals surface area contributed by atoms with E-state index in [4.69, 9.17) is 23.2 Å². The second-order valence-electron chi connectivity index (χ2n) is 9.09. The van der Waals surface area contributed by atoms with Crippen molar-refractivity contribution >= 4 is 70.1 Å². The van der Waals surface area contributed by atoms with Crippen LogP contribution in [0.1, 0.15) is 28.4 Å². The molecule has 0 fully saturated rings. The molecule has 0 aliphatic heterocycles. The van der Waals surface area contributed by atoms with Crippen molar-refractivity contribution in [2.75, 3.05) is 10.6 Å². The molecular formula is C32H27Cl2N3O3S. The minimum Gasteiger partial charge on any atom is -0.324 e. The van der Waals surface area contributed by atoms with Crippen molar-refractivity contribution in [3.05, 3.63) is 129 Å². The summed E-state index contributed by atoms with van der Waals surface area (Å²) >= 11 is 13.5. The van der Waals surface area contributed by atoms with Gasteiger partial charge in [-0.05, 0) is 79.6 Å². The Hall–Kier alpha value is -4.04. The molecule has 9 heteroatoms. The lowest BCUT2D eigenvalue weighted by atomic mass is 10.1. The molecule has 0 heterocycles. The molecule has 4 aromatic rings. The van der Waals surface area contributed by atoms with Gasteiger partial charge < -0.3 is 16.0 Å². The Labute approximate surface area is 253 Å². The summed E-state index contributed by atoms with van der Waals surface area (Å²) in [6.07, 6.45) is 1.65. The first-order valence-corrected chi connectivity index (χ1v) is 14.3. The zero-order valence-corrected chi connectivity index (χ0v) is 24.6. The third kappa shape index (κ3) is 8.47. The number of halogens is 2. The largest absolute Gasteiger partial charge is 0.324 e. The fourth-order valence-electron chi connectivity index (χ4n) is 3.78. The summed E-state index contributed by atoms with van der Waals surface area (Å²) < 4.78 is 0. The SMILES string of the molecule is Cc1ccccc1/C=C(\NC(=O)c1ccccc1)C(=O)Nc1cccc(SC(C)C(=O)Nc2cc(Cl)ccc2Cl)c1. The highest BCUT2D eigenvalue weighted by atomic mass is 35.5. The molecule has 3 amide bonds. The minimum atomic E-state index is -0.485. The fraction of sp³-hybridized carbons (Fsp3) is 0.0938. The number of hydrogen-bond donors (Lipinski definition) is 3. The molecule has 0 saturated carbocycles. The van der Waals surface area contributed by atoms with Crippen LogP contribution in [0.4, 0.5) is 11.4 Å². The van der Waals surface area contributed by atoms with Gasteiger partial charge >= 0.3 is 0 Å². The topological polar surface area (TPSA) is 87.3 Å². The molecule has 0 radical (unpaired) electrons. The van der Waals surface area contributed by atoms with Crippen molar-refractivity contribution in [3.63, 3.8) is 0 Å². The van der Waals surface area contributed by atoms with Gasteiger partial charge in [0, 0.05) is 21.2 Å². The van der Waals surface area contributed by atoms with Crippen molar-refractivity contribution in [3.8, 4) is 0 Å². The predicted molar refractivity (Wildman–Crippen MR) is 169 cm³/mol. The van der Waals surface area contributed by atoms with E-state index in [1.165, 1.54) is 11.8 Å². The van der Waals surface area contributed by atoms with E-state index >= 15 is 0 Å². The van der Waals surface area contributed by atoms with Crippen LogP contribution < -0.4 is 16.0 Å². The maximum Gasteiger partial charge on any atom is 0.272 e. The summed E-state index contributed by atoms with van der Waals surface area (Å²) in [5, 5.41) is 8.80. The molecule has 41 heavy (non-hydrogen) atoms. The van der Waals surface area contributed by atoms with E-state index in [-0.39, 0.29) is 11.6 Å². The van der Waals surface area contributed by atoms with Gasteiger partial charge in [0.15, 0.2) is 0 Å². The number of rotatable bonds is 9. The van der Waals surface area contributed by atoms with E-state index in [0.717, 1.165) is 16.0 Å². The lowest BCUT2D eigenvalue weighted by Gasteiger charge is -2.15. The number of amides is 3. The van der Waals surface area contributed by atoms with Crippen LogP contribution in [0.5, 0.6) is 0 Å². The highest BCUT2D eigenvalue weighted by Crippen LogP contribution is 2.29. The lowest BCUT2D eigenvalue weighted by Crippen LogP contribution is -2.30. The van der Waals surface area contributed by atoms with Gasteiger partial charge in [-0.2, -0.15) is 0 Å². The van der Waals surface area contributed by atoms with E-state index < -0.39 is 17.1 Å². The molecule has 0 saturated heterocycles. The number of carbonyl (C=O) groups excluding carboxylic acids is 3. The van der Waals surface area contributed by atoms with Gasteiger partial charge in [0.05, 0.1) is 16.0 Å². The van der Waals surface area contributed by atoms with Crippen LogP contribution in [0.3, 0.4) is 0 Å². The van der Waals surface area contributed by atoms with E-state index in [1.54, 1.807) is 73.7 Å². The van der Waals surface area contributed by atoms with Crippen LogP contribution in [-0.4, -0.2) is 23.0 Å². The lowest BCUT2D eigenvalue weighted by molar-refractivity contribution is -0.115. The Morgan fingerprint density at radius 1 is 0.829 bits per heavy atom. The first-order chi connectivity index (χ1) is 19.7. The zero-order chi connectivity index (χ0) is 29.4. The van der Waals surface area contributed by atoms with E-state index in [0.29, 0.717) is 27.0 Å². The number of hydrogen-bond acceptors (Lipinski definition) is 4. The Morgan fingerprint density at radius 3 is 2.32 bits per heavy atom. The molecule has 4 rings (SSSR count). The van der Waals surface area contributed by atoms with Gasteiger partial charge in [-0.25, -0.2) is 0 Å². The number of benzene rings is 4. The molecule has 0 aliphatic carbocycles. The van der Waals surface area contributed by atoms with Crippen molar-refractivity contribution in [1.82, 2.24) is 5.32 Å². The average Bonchev–Trinajstić information content (AvgIpc) is 2.96. The monoisotopic (exact) mass is 603 g/mol. The molecule has 6 nitrogen and oxygen atoms in total. The maximum absolute atomic E-state index is 13.4. The molecule has 0 spiro atoms. The average molecular weight is 605 g/mol. The standard InChI is InChI=1S/C32H27Cl2N3O3S/c1-20-9-6-7-12-23(20)17-29(37-31(39)22-10-4-3-5-11-22)32(40)35-25-13-8-14-26(19-25)41-21(2)30(38)36-28-18-24(33)15-16-27(28)34/h3-19,21H,1-2H3,(H,35,40)(H,36,38)(H,37,39)/b29-17-. The van der Waals surface area contributed by atoms with Crippen molar-refractivity contribution in [2.45, 2.75) is 24.0 Å². The fourth-order valence-corrected chi connectivity index (χ4v) is 5.04. The molecule has 0 bridgehead atoms. The second kappa shape index (κ2) is 14.0. The summed E-state index contributed by atoms with van der Waals surface area (Å²) in [7, 11) is 0. The summed E-state index contributed by atoms with van der Waals surface area (Å²) in [4.78, 5) is 39.9. The number of anilines is 2. The number of thioether (sulfide) groups is 1. The third-order valence-electron chi connectivity index (χ3n) is 5.98. The summed E-state index contributed by atoms with van der Waals surface area (Å²) in [5.74, 6) is -1.13. The highest BCUT2D eigenvalue weighted by Gasteiger charge is 2.18. The van der Waals surface area contributed by atoms with E-state index in [2.05, 4.69) is 16.0 Å². The third-order valence-corrected chi connectivity index (χ3v) is 7.64. The van der Waals surface area contributed by atoms with Crippen LogP contribution in [-0.2, 0) is 9.59 Å². The summed E-state index contributed by atoms with van der Waals surface area (Å²) in [6, 6.07) is 28.2. The molecule has 4 aromatic carbocycles. The molecule has 208 valence electrons. The molecular weight excluding hydrogens is 577 g/mol. The zero-order valence-electron chi connectivity index (χ0n) is 22.3. The van der Waals surface area contributed by atoms with Gasteiger partial charge in [-0.3, -0.25) is 14.4 Å². The Balaban J connectivity index is 1.49. The molecule has 1 unspecified atom stereocenters. The normalized spacial score (nSPS) is 11.9. The summed E-state index contributed by atoms with van der Waals surface area (Å²) in [5.41, 5.74) is 3.22.